The molecule has 1 aromatic rings. The number of carbonyl (C=O) groups is 2. The molecule has 1 aliphatic carbocycles. The fourth-order valence-corrected chi connectivity index (χ4v) is 3.13. The maximum absolute atomic E-state index is 12.1. The first-order chi connectivity index (χ1) is 11.1. The van der Waals surface area contributed by atoms with Crippen molar-refractivity contribution in [1.82, 2.24) is 10.6 Å². The fourth-order valence-electron chi connectivity index (χ4n) is 3.13. The van der Waals surface area contributed by atoms with E-state index in [0.717, 1.165) is 19.4 Å². The lowest BCUT2D eigenvalue weighted by Gasteiger charge is -2.09. The van der Waals surface area contributed by atoms with E-state index >= 15 is 0 Å². The van der Waals surface area contributed by atoms with E-state index < -0.39 is 0 Å². The highest BCUT2D eigenvalue weighted by atomic mass is 16.5. The van der Waals surface area contributed by atoms with Crippen LogP contribution in [0.25, 0.3) is 0 Å². The van der Waals surface area contributed by atoms with Crippen LogP contribution in [-0.2, 0) is 9.53 Å². The fraction of sp³-hybridized carbons (Fsp3) is 0.529. The second kappa shape index (κ2) is 6.58. The Kier molecular flexibility index (Phi) is 4.52. The van der Waals surface area contributed by atoms with Crippen LogP contribution in [0.2, 0.25) is 0 Å². The number of nitrogens with one attached hydrogen (secondary N) is 2. The Balaban J connectivity index is 1.38. The Morgan fingerprint density at radius 2 is 2.17 bits per heavy atom. The summed E-state index contributed by atoms with van der Waals surface area (Å²) in [4.78, 5) is 24.1. The van der Waals surface area contributed by atoms with E-state index in [1.807, 2.05) is 0 Å². The minimum absolute atomic E-state index is 0.0751. The van der Waals surface area contributed by atoms with Gasteiger partial charge in [-0.2, -0.15) is 0 Å². The molecule has 0 bridgehead atoms. The first-order valence-electron chi connectivity index (χ1n) is 7.92. The third-order valence-corrected chi connectivity index (χ3v) is 4.68. The zero-order valence-corrected chi connectivity index (χ0v) is 13.3. The van der Waals surface area contributed by atoms with Crippen molar-refractivity contribution >= 4 is 11.8 Å². The first kappa shape index (κ1) is 15.8. The number of hydrogen-bond acceptors (Lipinski definition) is 4. The summed E-state index contributed by atoms with van der Waals surface area (Å²) < 4.78 is 10.5. The Hall–Kier alpha value is -2.08. The molecule has 6 heteroatoms. The molecule has 2 N–H and O–H groups in total. The minimum atomic E-state index is -0.176. The summed E-state index contributed by atoms with van der Waals surface area (Å²) in [5.74, 6) is 0.624. The average molecular weight is 318 g/mol. The summed E-state index contributed by atoms with van der Waals surface area (Å²) in [5.41, 5.74) is 0.647. The SMILES string of the molecule is COc1cccc(C(=O)NCCNC(=O)C2CC23CCOC3)c1. The van der Waals surface area contributed by atoms with E-state index in [4.69, 9.17) is 9.47 Å². The molecule has 124 valence electrons. The molecular formula is C17H22N2O4. The van der Waals surface area contributed by atoms with Crippen molar-refractivity contribution in [2.75, 3.05) is 33.4 Å². The molecule has 1 saturated heterocycles. The summed E-state index contributed by atoms with van der Waals surface area (Å²) in [7, 11) is 1.56. The summed E-state index contributed by atoms with van der Waals surface area (Å²) in [6.07, 6.45) is 1.91. The van der Waals surface area contributed by atoms with Gasteiger partial charge in [0.1, 0.15) is 5.75 Å². The summed E-state index contributed by atoms with van der Waals surface area (Å²) in [6.45, 7) is 2.30. The van der Waals surface area contributed by atoms with Crippen molar-refractivity contribution < 1.29 is 19.1 Å². The largest absolute Gasteiger partial charge is 0.497 e. The molecule has 1 spiro atoms. The van der Waals surface area contributed by atoms with Gasteiger partial charge in [-0.3, -0.25) is 9.59 Å². The molecule has 0 aromatic heterocycles. The van der Waals surface area contributed by atoms with Crippen molar-refractivity contribution in [3.05, 3.63) is 29.8 Å². The van der Waals surface area contributed by atoms with Crippen LogP contribution in [0, 0.1) is 11.3 Å². The van der Waals surface area contributed by atoms with Crippen LogP contribution in [-0.4, -0.2) is 45.2 Å². The lowest BCUT2D eigenvalue weighted by atomic mass is 10.0. The number of amides is 2. The van der Waals surface area contributed by atoms with Gasteiger partial charge in [0.2, 0.25) is 5.91 Å². The van der Waals surface area contributed by atoms with Gasteiger partial charge in [0.15, 0.2) is 0 Å². The second-order valence-corrected chi connectivity index (χ2v) is 6.20. The predicted molar refractivity (Wildman–Crippen MR) is 84.3 cm³/mol. The molecule has 23 heavy (non-hydrogen) atoms. The zero-order chi connectivity index (χ0) is 16.3. The lowest BCUT2D eigenvalue weighted by molar-refractivity contribution is -0.123. The van der Waals surface area contributed by atoms with E-state index in [9.17, 15) is 9.59 Å². The van der Waals surface area contributed by atoms with Crippen molar-refractivity contribution in [3.63, 3.8) is 0 Å². The highest BCUT2D eigenvalue weighted by Gasteiger charge is 2.59. The quantitative estimate of drug-likeness (QED) is 0.766. The standard InChI is InChI=1S/C17H22N2O4/c1-22-13-4-2-3-12(9-13)15(20)18-6-7-19-16(21)14-10-17(14)5-8-23-11-17/h2-4,9,14H,5-8,10-11H2,1H3,(H,18,20)(H,19,21). The van der Waals surface area contributed by atoms with Crippen LogP contribution in [0.1, 0.15) is 23.2 Å². The third-order valence-electron chi connectivity index (χ3n) is 4.68. The van der Waals surface area contributed by atoms with E-state index in [1.165, 1.54) is 0 Å². The van der Waals surface area contributed by atoms with Crippen LogP contribution in [0.15, 0.2) is 24.3 Å². The van der Waals surface area contributed by atoms with Gasteiger partial charge in [-0.15, -0.1) is 0 Å². The number of benzene rings is 1. The Morgan fingerprint density at radius 3 is 2.91 bits per heavy atom. The Bertz CT molecular complexity index is 596. The Labute approximate surface area is 135 Å². The highest BCUT2D eigenvalue weighted by molar-refractivity contribution is 5.94. The van der Waals surface area contributed by atoms with E-state index in [1.54, 1.807) is 31.4 Å². The average Bonchev–Trinajstić information content (AvgIpc) is 3.08. The monoisotopic (exact) mass is 318 g/mol. The molecule has 2 aliphatic rings. The second-order valence-electron chi connectivity index (χ2n) is 6.20. The van der Waals surface area contributed by atoms with Gasteiger partial charge in [0.25, 0.3) is 5.91 Å². The predicted octanol–water partition coefficient (Wildman–Crippen LogP) is 0.968. The van der Waals surface area contributed by atoms with Gasteiger partial charge in [-0.05, 0) is 31.0 Å². The van der Waals surface area contributed by atoms with E-state index in [2.05, 4.69) is 10.6 Å². The lowest BCUT2D eigenvalue weighted by Crippen LogP contribution is -2.36. The van der Waals surface area contributed by atoms with Crippen molar-refractivity contribution in [3.8, 4) is 5.75 Å². The molecule has 2 fully saturated rings. The van der Waals surface area contributed by atoms with Crippen LogP contribution < -0.4 is 15.4 Å². The Morgan fingerprint density at radius 1 is 1.35 bits per heavy atom. The first-order valence-corrected chi connectivity index (χ1v) is 7.92. The number of ether oxygens (including phenoxy) is 2. The third kappa shape index (κ3) is 3.47. The molecule has 0 radical (unpaired) electrons. The maximum atomic E-state index is 12.1. The highest BCUT2D eigenvalue weighted by Crippen LogP contribution is 2.57. The van der Waals surface area contributed by atoms with Crippen LogP contribution in [0.5, 0.6) is 5.75 Å². The maximum Gasteiger partial charge on any atom is 0.251 e. The van der Waals surface area contributed by atoms with E-state index in [-0.39, 0.29) is 23.1 Å². The summed E-state index contributed by atoms with van der Waals surface area (Å²) >= 11 is 0. The van der Waals surface area contributed by atoms with Gasteiger partial charge in [0.05, 0.1) is 13.7 Å². The molecule has 1 saturated carbocycles. The van der Waals surface area contributed by atoms with Crippen molar-refractivity contribution in [2.24, 2.45) is 11.3 Å². The van der Waals surface area contributed by atoms with Crippen LogP contribution in [0.4, 0.5) is 0 Å². The summed E-state index contributed by atoms with van der Waals surface area (Å²) in [5, 5.41) is 5.68. The molecule has 2 atom stereocenters. The zero-order valence-electron chi connectivity index (χ0n) is 13.3. The van der Waals surface area contributed by atoms with Crippen molar-refractivity contribution in [2.45, 2.75) is 12.8 Å². The minimum Gasteiger partial charge on any atom is -0.497 e. The molecule has 3 rings (SSSR count). The molecule has 2 amide bonds. The normalized spacial score (nSPS) is 25.2. The molecule has 1 aromatic carbocycles. The van der Waals surface area contributed by atoms with Gasteiger partial charge in [0, 0.05) is 36.6 Å². The van der Waals surface area contributed by atoms with Gasteiger partial charge >= 0.3 is 0 Å². The van der Waals surface area contributed by atoms with Crippen molar-refractivity contribution in [1.29, 1.82) is 0 Å². The molecular weight excluding hydrogens is 296 g/mol. The molecule has 1 heterocycles. The number of rotatable bonds is 6. The molecule has 1 aliphatic heterocycles. The molecule has 2 unspecified atom stereocenters. The van der Waals surface area contributed by atoms with Crippen LogP contribution >= 0.6 is 0 Å². The smallest absolute Gasteiger partial charge is 0.251 e. The van der Waals surface area contributed by atoms with Gasteiger partial charge in [-0.25, -0.2) is 0 Å². The number of methoxy groups -OCH3 is 1. The number of hydrogen-bond donors (Lipinski definition) is 2. The summed E-state index contributed by atoms with van der Waals surface area (Å²) in [6, 6.07) is 6.97. The van der Waals surface area contributed by atoms with Gasteiger partial charge < -0.3 is 20.1 Å². The topological polar surface area (TPSA) is 76.7 Å². The van der Waals surface area contributed by atoms with Crippen LogP contribution in [0.3, 0.4) is 0 Å². The van der Waals surface area contributed by atoms with Gasteiger partial charge in [-0.1, -0.05) is 6.07 Å². The number of carbonyl (C=O) groups excluding carboxylic acids is 2. The van der Waals surface area contributed by atoms with E-state index in [0.29, 0.717) is 31.0 Å². The molecule has 6 nitrogen and oxygen atoms in total.